The van der Waals surface area contributed by atoms with Gasteiger partial charge < -0.3 is 11.1 Å². The highest BCUT2D eigenvalue weighted by Crippen LogP contribution is 1.89. The predicted molar refractivity (Wildman–Crippen MR) is 52.3 cm³/mol. The maximum atomic E-state index is 11.1. The van der Waals surface area contributed by atoms with Gasteiger partial charge in [-0.2, -0.15) is 0 Å². The van der Waals surface area contributed by atoms with Gasteiger partial charge in [0.1, 0.15) is 0 Å². The number of anilines is 1. The normalized spacial score (nSPS) is 10.1. The van der Waals surface area contributed by atoms with E-state index >= 15 is 0 Å². The molecule has 0 saturated carbocycles. The molecule has 78 valence electrons. The number of rotatable bonds is 5. The molecule has 0 aliphatic rings. The first-order valence-corrected chi connectivity index (χ1v) is 4.37. The van der Waals surface area contributed by atoms with Crippen molar-refractivity contribution in [1.29, 1.82) is 0 Å². The highest BCUT2D eigenvalue weighted by Gasteiger charge is 1.99. The van der Waals surface area contributed by atoms with Crippen molar-refractivity contribution in [2.24, 2.45) is 5.73 Å². The van der Waals surface area contributed by atoms with E-state index in [1.165, 1.54) is 0 Å². The van der Waals surface area contributed by atoms with Gasteiger partial charge in [0, 0.05) is 6.54 Å². The Morgan fingerprint density at radius 1 is 1.36 bits per heavy atom. The van der Waals surface area contributed by atoms with Crippen LogP contribution in [0, 0.1) is 0 Å². The minimum Gasteiger partial charge on any atom is -0.364 e. The average molecular weight is 199 g/mol. The van der Waals surface area contributed by atoms with Crippen molar-refractivity contribution in [3.63, 3.8) is 0 Å². The van der Waals surface area contributed by atoms with Gasteiger partial charge in [-0.25, -0.2) is 9.89 Å². The molecule has 0 aliphatic heterocycles. The zero-order chi connectivity index (χ0) is 10.4. The summed E-state index contributed by atoms with van der Waals surface area (Å²) < 4.78 is 0. The Morgan fingerprint density at radius 3 is 2.79 bits per heavy atom. The third-order valence-electron chi connectivity index (χ3n) is 1.63. The summed E-state index contributed by atoms with van der Waals surface area (Å²) in [6.07, 6.45) is 1.74. The first-order chi connectivity index (χ1) is 6.74. The molecule has 0 atom stereocenters. The van der Waals surface area contributed by atoms with Crippen LogP contribution >= 0.6 is 0 Å². The monoisotopic (exact) mass is 199 g/mol. The molecular weight excluding hydrogens is 186 g/mol. The smallest absolute Gasteiger partial charge is 0.342 e. The van der Waals surface area contributed by atoms with Crippen molar-refractivity contribution in [1.82, 2.24) is 15.2 Å². The molecule has 0 amide bonds. The van der Waals surface area contributed by atoms with Crippen LogP contribution in [0.2, 0.25) is 0 Å². The molecule has 0 spiro atoms. The summed E-state index contributed by atoms with van der Waals surface area (Å²) in [5.74, 6) is 0.127. The van der Waals surface area contributed by atoms with Gasteiger partial charge in [0.05, 0.1) is 0 Å². The number of aromatic nitrogens is 3. The molecule has 0 aromatic carbocycles. The third kappa shape index (κ3) is 3.02. The van der Waals surface area contributed by atoms with Crippen LogP contribution in [-0.4, -0.2) is 28.3 Å². The van der Waals surface area contributed by atoms with Gasteiger partial charge in [-0.1, -0.05) is 0 Å². The van der Waals surface area contributed by atoms with Gasteiger partial charge in [-0.05, 0) is 19.4 Å². The number of nitrogens with one attached hydrogen (secondary N) is 3. The summed E-state index contributed by atoms with van der Waals surface area (Å²) >= 11 is 0. The number of aromatic amines is 2. The van der Waals surface area contributed by atoms with Gasteiger partial charge in [0.15, 0.2) is 0 Å². The average Bonchev–Trinajstić information content (AvgIpc) is 2.15. The van der Waals surface area contributed by atoms with Crippen molar-refractivity contribution < 1.29 is 0 Å². The molecule has 0 unspecified atom stereocenters. The van der Waals surface area contributed by atoms with E-state index in [4.69, 9.17) is 5.73 Å². The molecule has 7 nitrogen and oxygen atoms in total. The SMILES string of the molecule is NCCCCNc1n[nH]c(=O)[nH]c1=O. The molecule has 1 aromatic heterocycles. The summed E-state index contributed by atoms with van der Waals surface area (Å²) in [6, 6.07) is 0. The highest BCUT2D eigenvalue weighted by molar-refractivity contribution is 5.28. The summed E-state index contributed by atoms with van der Waals surface area (Å²) in [4.78, 5) is 23.7. The Balaban J connectivity index is 2.51. The van der Waals surface area contributed by atoms with E-state index in [0.29, 0.717) is 13.1 Å². The van der Waals surface area contributed by atoms with Gasteiger partial charge >= 0.3 is 5.69 Å². The number of nitrogens with zero attached hydrogens (tertiary/aromatic N) is 1. The zero-order valence-corrected chi connectivity index (χ0v) is 7.67. The molecule has 0 fully saturated rings. The second-order valence-corrected chi connectivity index (χ2v) is 2.78. The van der Waals surface area contributed by atoms with Crippen molar-refractivity contribution in [2.45, 2.75) is 12.8 Å². The Bertz CT molecular complexity index is 382. The first-order valence-electron chi connectivity index (χ1n) is 4.37. The van der Waals surface area contributed by atoms with Gasteiger partial charge in [0.2, 0.25) is 5.82 Å². The Kier molecular flexibility index (Phi) is 3.86. The summed E-state index contributed by atoms with van der Waals surface area (Å²) in [5, 5.41) is 8.48. The van der Waals surface area contributed by atoms with Crippen molar-refractivity contribution in [2.75, 3.05) is 18.4 Å². The molecular formula is C7H13N5O2. The molecule has 1 aromatic rings. The van der Waals surface area contributed by atoms with E-state index in [1.807, 2.05) is 0 Å². The van der Waals surface area contributed by atoms with E-state index in [9.17, 15) is 9.59 Å². The lowest BCUT2D eigenvalue weighted by Gasteiger charge is -2.01. The van der Waals surface area contributed by atoms with Crippen molar-refractivity contribution in [3.8, 4) is 0 Å². The lowest BCUT2D eigenvalue weighted by atomic mass is 10.3. The van der Waals surface area contributed by atoms with Crippen molar-refractivity contribution in [3.05, 3.63) is 20.8 Å². The number of hydrogen-bond donors (Lipinski definition) is 4. The topological polar surface area (TPSA) is 117 Å². The second kappa shape index (κ2) is 5.18. The zero-order valence-electron chi connectivity index (χ0n) is 7.67. The maximum absolute atomic E-state index is 11.1. The van der Waals surface area contributed by atoms with Crippen LogP contribution in [0.15, 0.2) is 9.59 Å². The second-order valence-electron chi connectivity index (χ2n) is 2.78. The Labute approximate surface area is 79.7 Å². The molecule has 1 heterocycles. The third-order valence-corrected chi connectivity index (χ3v) is 1.63. The van der Waals surface area contributed by atoms with Gasteiger partial charge in [-0.15, -0.1) is 5.10 Å². The molecule has 0 saturated heterocycles. The Morgan fingerprint density at radius 2 is 2.14 bits per heavy atom. The molecule has 1 rings (SSSR count). The van der Waals surface area contributed by atoms with E-state index in [2.05, 4.69) is 20.5 Å². The van der Waals surface area contributed by atoms with Crippen LogP contribution in [0.1, 0.15) is 12.8 Å². The number of hydrogen-bond acceptors (Lipinski definition) is 5. The summed E-state index contributed by atoms with van der Waals surface area (Å²) in [5.41, 5.74) is 4.18. The summed E-state index contributed by atoms with van der Waals surface area (Å²) in [7, 11) is 0. The largest absolute Gasteiger partial charge is 0.364 e. The first kappa shape index (κ1) is 10.5. The van der Waals surface area contributed by atoms with Crippen molar-refractivity contribution >= 4 is 5.82 Å². The van der Waals surface area contributed by atoms with Gasteiger partial charge in [0.25, 0.3) is 5.56 Å². The fourth-order valence-corrected chi connectivity index (χ4v) is 0.944. The predicted octanol–water partition coefficient (Wildman–Crippen LogP) is -1.39. The maximum Gasteiger partial charge on any atom is 0.342 e. The Hall–Kier alpha value is -1.63. The van der Waals surface area contributed by atoms with Gasteiger partial charge in [-0.3, -0.25) is 9.78 Å². The quantitative estimate of drug-likeness (QED) is 0.435. The van der Waals surface area contributed by atoms with Crippen LogP contribution < -0.4 is 22.3 Å². The van der Waals surface area contributed by atoms with E-state index < -0.39 is 11.2 Å². The molecule has 14 heavy (non-hydrogen) atoms. The fourth-order valence-electron chi connectivity index (χ4n) is 0.944. The van der Waals surface area contributed by atoms with E-state index in [1.54, 1.807) is 0 Å². The number of nitrogens with two attached hydrogens (primary N) is 1. The minimum atomic E-state index is -0.609. The lowest BCUT2D eigenvalue weighted by molar-refractivity contribution is 0.766. The van der Waals surface area contributed by atoms with Crippen LogP contribution in [0.25, 0.3) is 0 Å². The number of unbranched alkanes of at least 4 members (excludes halogenated alkanes) is 1. The molecule has 5 N–H and O–H groups in total. The van der Waals surface area contributed by atoms with Crippen LogP contribution in [0.3, 0.4) is 0 Å². The molecule has 7 heteroatoms. The van der Waals surface area contributed by atoms with E-state index in [0.717, 1.165) is 12.8 Å². The molecule has 0 radical (unpaired) electrons. The fraction of sp³-hybridized carbons (Fsp3) is 0.571. The van der Waals surface area contributed by atoms with E-state index in [-0.39, 0.29) is 5.82 Å². The standard InChI is InChI=1S/C7H13N5O2/c8-3-1-2-4-9-5-6(13)10-7(14)12-11-5/h1-4,8H2,(H,9,11)(H2,10,12,13,14). The lowest BCUT2D eigenvalue weighted by Crippen LogP contribution is -2.27. The summed E-state index contributed by atoms with van der Waals surface area (Å²) in [6.45, 7) is 1.23. The van der Waals surface area contributed by atoms with Crippen LogP contribution in [0.5, 0.6) is 0 Å². The minimum absolute atomic E-state index is 0.127. The van der Waals surface area contributed by atoms with Crippen LogP contribution in [-0.2, 0) is 0 Å². The highest BCUT2D eigenvalue weighted by atomic mass is 16.2. The molecule has 0 bridgehead atoms. The molecule has 0 aliphatic carbocycles. The van der Waals surface area contributed by atoms with Crippen LogP contribution in [0.4, 0.5) is 5.82 Å². The number of H-pyrrole nitrogens is 2.